The maximum absolute atomic E-state index is 12.9. The van der Waals surface area contributed by atoms with Crippen LogP contribution < -0.4 is 4.90 Å². The van der Waals surface area contributed by atoms with Crippen molar-refractivity contribution < 1.29 is 4.79 Å². The van der Waals surface area contributed by atoms with Crippen LogP contribution >= 0.6 is 11.3 Å². The van der Waals surface area contributed by atoms with E-state index >= 15 is 0 Å². The molecule has 1 saturated heterocycles. The van der Waals surface area contributed by atoms with Crippen LogP contribution in [0.4, 0.5) is 5.95 Å². The molecule has 24 heavy (non-hydrogen) atoms. The van der Waals surface area contributed by atoms with E-state index in [4.69, 9.17) is 0 Å². The van der Waals surface area contributed by atoms with Gasteiger partial charge in [0.25, 0.3) is 0 Å². The zero-order valence-electron chi connectivity index (χ0n) is 14.2. The van der Waals surface area contributed by atoms with Crippen LogP contribution in [0.2, 0.25) is 0 Å². The number of carbonyl (C=O) groups excluding carboxylic acids is 1. The molecule has 0 radical (unpaired) electrons. The smallest absolute Gasteiger partial charge is 0.227 e. The fraction of sp³-hybridized carbons (Fsp3) is 0.500. The van der Waals surface area contributed by atoms with Gasteiger partial charge in [0.2, 0.25) is 11.9 Å². The molecule has 0 bridgehead atoms. The van der Waals surface area contributed by atoms with Gasteiger partial charge in [-0.2, -0.15) is 0 Å². The molecule has 1 unspecified atom stereocenters. The lowest BCUT2D eigenvalue weighted by molar-refractivity contribution is -0.135. The molecule has 0 N–H and O–H groups in total. The molecular weight excluding hydrogens is 320 g/mol. The largest absolute Gasteiger partial charge is 0.340 e. The maximum atomic E-state index is 12.9. The summed E-state index contributed by atoms with van der Waals surface area (Å²) in [5, 5.41) is 2.13. The Labute approximate surface area is 146 Å². The van der Waals surface area contributed by atoms with Crippen molar-refractivity contribution in [2.45, 2.75) is 33.2 Å². The van der Waals surface area contributed by atoms with Gasteiger partial charge in [0.05, 0.1) is 5.92 Å². The van der Waals surface area contributed by atoms with E-state index in [1.54, 1.807) is 0 Å². The zero-order valence-corrected chi connectivity index (χ0v) is 15.0. The Morgan fingerprint density at radius 3 is 2.83 bits per heavy atom. The molecule has 6 heteroatoms. The van der Waals surface area contributed by atoms with Crippen LogP contribution in [0.3, 0.4) is 0 Å². The lowest BCUT2D eigenvalue weighted by Gasteiger charge is -2.29. The van der Waals surface area contributed by atoms with Crippen molar-refractivity contribution in [1.29, 1.82) is 0 Å². The van der Waals surface area contributed by atoms with Crippen molar-refractivity contribution in [2.75, 3.05) is 24.5 Å². The molecule has 0 aliphatic carbocycles. The minimum absolute atomic E-state index is 0.0644. The lowest BCUT2D eigenvalue weighted by atomic mass is 10.0. The standard InChI is InChI=1S/C18H22N4OS/c1-12-9-13(2)20-18(19-12)22-6-3-15(11-22)17(23)21-7-4-16-14(10-21)5-8-24-16/h5,8-9,15H,3-4,6-7,10-11H2,1-2H3. The molecule has 0 saturated carbocycles. The predicted octanol–water partition coefficient (Wildman–Crippen LogP) is 2.57. The van der Waals surface area contributed by atoms with Gasteiger partial charge in [-0.3, -0.25) is 4.79 Å². The number of fused-ring (bicyclic) bond motifs is 1. The van der Waals surface area contributed by atoms with Gasteiger partial charge in [-0.15, -0.1) is 11.3 Å². The topological polar surface area (TPSA) is 49.3 Å². The summed E-state index contributed by atoms with van der Waals surface area (Å²) in [6.45, 7) is 7.19. The summed E-state index contributed by atoms with van der Waals surface area (Å²) < 4.78 is 0. The van der Waals surface area contributed by atoms with Gasteiger partial charge in [-0.25, -0.2) is 9.97 Å². The molecule has 2 aliphatic heterocycles. The fourth-order valence-electron chi connectivity index (χ4n) is 3.69. The second kappa shape index (κ2) is 6.16. The van der Waals surface area contributed by atoms with Crippen molar-refractivity contribution in [3.63, 3.8) is 0 Å². The number of thiophene rings is 1. The number of aromatic nitrogens is 2. The first-order chi connectivity index (χ1) is 11.6. The van der Waals surface area contributed by atoms with Gasteiger partial charge < -0.3 is 9.80 Å². The molecule has 4 heterocycles. The average molecular weight is 342 g/mol. The van der Waals surface area contributed by atoms with E-state index in [2.05, 4.69) is 26.3 Å². The number of carbonyl (C=O) groups is 1. The van der Waals surface area contributed by atoms with Crippen molar-refractivity contribution in [1.82, 2.24) is 14.9 Å². The van der Waals surface area contributed by atoms with Crippen molar-refractivity contribution in [2.24, 2.45) is 5.92 Å². The summed E-state index contributed by atoms with van der Waals surface area (Å²) >= 11 is 1.81. The van der Waals surface area contributed by atoms with Crippen LogP contribution in [0.15, 0.2) is 17.5 Å². The van der Waals surface area contributed by atoms with Gasteiger partial charge in [0.15, 0.2) is 0 Å². The molecular formula is C18H22N4OS. The number of nitrogens with zero attached hydrogens (tertiary/aromatic N) is 4. The van der Waals surface area contributed by atoms with Crippen LogP contribution in [0.5, 0.6) is 0 Å². The molecule has 4 rings (SSSR count). The van der Waals surface area contributed by atoms with Crippen molar-refractivity contribution >= 4 is 23.2 Å². The number of aryl methyl sites for hydroxylation is 2. The molecule has 2 aromatic heterocycles. The highest BCUT2D eigenvalue weighted by atomic mass is 32.1. The lowest BCUT2D eigenvalue weighted by Crippen LogP contribution is -2.40. The number of rotatable bonds is 2. The van der Waals surface area contributed by atoms with Crippen LogP contribution in [0.1, 0.15) is 28.2 Å². The van der Waals surface area contributed by atoms with Gasteiger partial charge in [-0.1, -0.05) is 0 Å². The Balaban J connectivity index is 1.44. The highest BCUT2D eigenvalue weighted by molar-refractivity contribution is 7.10. The third-order valence-corrected chi connectivity index (χ3v) is 5.93. The Hall–Kier alpha value is -1.95. The average Bonchev–Trinajstić information content (AvgIpc) is 3.22. The third-order valence-electron chi connectivity index (χ3n) is 4.91. The number of hydrogen-bond donors (Lipinski definition) is 0. The highest BCUT2D eigenvalue weighted by Crippen LogP contribution is 2.28. The first-order valence-corrected chi connectivity index (χ1v) is 9.39. The third kappa shape index (κ3) is 2.90. The van der Waals surface area contributed by atoms with E-state index < -0.39 is 0 Å². The SMILES string of the molecule is Cc1cc(C)nc(N2CCC(C(=O)N3CCc4sccc4C3)C2)n1. The molecule has 5 nitrogen and oxygen atoms in total. The molecule has 1 amide bonds. The molecule has 1 atom stereocenters. The monoisotopic (exact) mass is 342 g/mol. The van der Waals surface area contributed by atoms with E-state index in [9.17, 15) is 4.79 Å². The van der Waals surface area contributed by atoms with E-state index in [-0.39, 0.29) is 5.92 Å². The zero-order chi connectivity index (χ0) is 16.7. The van der Waals surface area contributed by atoms with Gasteiger partial charge in [0.1, 0.15) is 0 Å². The van der Waals surface area contributed by atoms with Gasteiger partial charge in [-0.05, 0) is 49.8 Å². The van der Waals surface area contributed by atoms with E-state index in [1.165, 1.54) is 10.4 Å². The first-order valence-electron chi connectivity index (χ1n) is 8.51. The number of amides is 1. The summed E-state index contributed by atoms with van der Waals surface area (Å²) in [4.78, 5) is 27.6. The van der Waals surface area contributed by atoms with Crippen LogP contribution in [0, 0.1) is 19.8 Å². The predicted molar refractivity (Wildman–Crippen MR) is 95.3 cm³/mol. The van der Waals surface area contributed by atoms with Crippen molar-refractivity contribution in [3.8, 4) is 0 Å². The maximum Gasteiger partial charge on any atom is 0.227 e. The Kier molecular flexibility index (Phi) is 4.00. The van der Waals surface area contributed by atoms with Crippen LogP contribution in [-0.2, 0) is 17.8 Å². The molecule has 1 fully saturated rings. The second-order valence-electron chi connectivity index (χ2n) is 6.76. The number of anilines is 1. The van der Waals surface area contributed by atoms with E-state index in [0.717, 1.165) is 56.4 Å². The molecule has 126 valence electrons. The minimum atomic E-state index is 0.0644. The Morgan fingerprint density at radius 2 is 2.04 bits per heavy atom. The van der Waals surface area contributed by atoms with E-state index in [1.807, 2.05) is 36.2 Å². The summed E-state index contributed by atoms with van der Waals surface area (Å²) in [6.07, 6.45) is 1.89. The van der Waals surface area contributed by atoms with Crippen LogP contribution in [0.25, 0.3) is 0 Å². The minimum Gasteiger partial charge on any atom is -0.340 e. The van der Waals surface area contributed by atoms with Gasteiger partial charge >= 0.3 is 0 Å². The Bertz CT molecular complexity index is 752. The summed E-state index contributed by atoms with van der Waals surface area (Å²) in [5.41, 5.74) is 3.29. The first kappa shape index (κ1) is 15.6. The quantitative estimate of drug-likeness (QED) is 0.842. The highest BCUT2D eigenvalue weighted by Gasteiger charge is 2.34. The van der Waals surface area contributed by atoms with Crippen molar-refractivity contribution in [3.05, 3.63) is 39.3 Å². The molecule has 2 aromatic rings. The molecule has 0 aromatic carbocycles. The molecule has 2 aliphatic rings. The summed E-state index contributed by atoms with van der Waals surface area (Å²) in [5.74, 6) is 1.12. The summed E-state index contributed by atoms with van der Waals surface area (Å²) in [7, 11) is 0. The molecule has 0 spiro atoms. The summed E-state index contributed by atoms with van der Waals surface area (Å²) in [6, 6.07) is 4.14. The fourth-order valence-corrected chi connectivity index (χ4v) is 4.58. The second-order valence-corrected chi connectivity index (χ2v) is 7.76. The number of hydrogen-bond acceptors (Lipinski definition) is 5. The van der Waals surface area contributed by atoms with Crippen LogP contribution in [-0.4, -0.2) is 40.4 Å². The van der Waals surface area contributed by atoms with E-state index in [0.29, 0.717) is 5.91 Å². The normalized spacial score (nSPS) is 20.3. The van der Waals surface area contributed by atoms with Gasteiger partial charge in [0, 0.05) is 42.4 Å². The Morgan fingerprint density at radius 1 is 1.25 bits per heavy atom.